The van der Waals surface area contributed by atoms with Crippen LogP contribution in [0.5, 0.6) is 0 Å². The fourth-order valence-corrected chi connectivity index (χ4v) is 3.11. The van der Waals surface area contributed by atoms with Crippen molar-refractivity contribution in [3.05, 3.63) is 60.2 Å². The van der Waals surface area contributed by atoms with Crippen LogP contribution in [0.1, 0.15) is 16.1 Å². The highest BCUT2D eigenvalue weighted by Gasteiger charge is 2.31. The molecule has 3 heterocycles. The van der Waals surface area contributed by atoms with Crippen LogP contribution in [0.15, 0.2) is 48.9 Å². The topological polar surface area (TPSA) is 117 Å². The fraction of sp³-hybridized carbons (Fsp3) is 0.300. The van der Waals surface area contributed by atoms with E-state index in [0.29, 0.717) is 25.5 Å². The summed E-state index contributed by atoms with van der Waals surface area (Å²) in [6.45, 7) is 1.22. The molecular formula is C20H22N6O3. The molecule has 0 bridgehead atoms. The zero-order chi connectivity index (χ0) is 20.2. The van der Waals surface area contributed by atoms with Crippen molar-refractivity contribution in [1.82, 2.24) is 25.1 Å². The Bertz CT molecular complexity index is 991. The summed E-state index contributed by atoms with van der Waals surface area (Å²) < 4.78 is 13.1. The smallest absolute Gasteiger partial charge is 0.274 e. The van der Waals surface area contributed by atoms with Crippen molar-refractivity contribution < 1.29 is 14.3 Å². The van der Waals surface area contributed by atoms with Gasteiger partial charge in [0.05, 0.1) is 44.0 Å². The number of aryl methyl sites for hydroxylation is 1. The number of nitrogens with zero attached hydrogens (tertiary/aromatic N) is 4. The Kier molecular flexibility index (Phi) is 5.50. The third kappa shape index (κ3) is 4.41. The van der Waals surface area contributed by atoms with Gasteiger partial charge in [-0.1, -0.05) is 30.3 Å². The van der Waals surface area contributed by atoms with E-state index in [0.717, 1.165) is 11.1 Å². The molecule has 1 saturated heterocycles. The Morgan fingerprint density at radius 3 is 2.90 bits per heavy atom. The number of nitrogens with one attached hydrogen (secondary N) is 1. The number of amides is 1. The monoisotopic (exact) mass is 394 g/mol. The number of rotatable bonds is 6. The van der Waals surface area contributed by atoms with Crippen LogP contribution < -0.4 is 11.1 Å². The number of hydrogen-bond acceptors (Lipinski definition) is 7. The highest BCUT2D eigenvalue weighted by molar-refractivity contribution is 5.97. The molecule has 1 aliphatic rings. The van der Waals surface area contributed by atoms with Gasteiger partial charge in [-0.3, -0.25) is 9.48 Å². The summed E-state index contributed by atoms with van der Waals surface area (Å²) in [6, 6.07) is 9.55. The SMILES string of the molecule is Cn1cc(-c2cnc(N)c(C(=O)NC3COCC3OCc3ccccc3)n2)cn1. The summed E-state index contributed by atoms with van der Waals surface area (Å²) in [5.41, 5.74) is 8.31. The Hall–Kier alpha value is -3.30. The minimum absolute atomic E-state index is 0.0656. The van der Waals surface area contributed by atoms with E-state index in [2.05, 4.69) is 20.4 Å². The van der Waals surface area contributed by atoms with Gasteiger partial charge in [0.2, 0.25) is 0 Å². The fourth-order valence-electron chi connectivity index (χ4n) is 3.11. The van der Waals surface area contributed by atoms with Gasteiger partial charge >= 0.3 is 0 Å². The molecule has 0 spiro atoms. The average Bonchev–Trinajstić information content (AvgIpc) is 3.36. The third-order valence-electron chi connectivity index (χ3n) is 4.67. The van der Waals surface area contributed by atoms with E-state index in [4.69, 9.17) is 15.2 Å². The molecule has 1 fully saturated rings. The van der Waals surface area contributed by atoms with E-state index < -0.39 is 5.91 Å². The molecule has 29 heavy (non-hydrogen) atoms. The Morgan fingerprint density at radius 1 is 1.31 bits per heavy atom. The van der Waals surface area contributed by atoms with Crippen molar-refractivity contribution in [1.29, 1.82) is 0 Å². The first-order chi connectivity index (χ1) is 14.1. The first kappa shape index (κ1) is 19.0. The molecule has 150 valence electrons. The third-order valence-corrected chi connectivity index (χ3v) is 4.67. The van der Waals surface area contributed by atoms with Crippen LogP contribution in [0.25, 0.3) is 11.3 Å². The number of anilines is 1. The molecule has 2 atom stereocenters. The van der Waals surface area contributed by atoms with Crippen LogP contribution in [0, 0.1) is 0 Å². The number of nitrogen functional groups attached to an aromatic ring is 1. The summed E-state index contributed by atoms with van der Waals surface area (Å²) >= 11 is 0. The molecule has 0 saturated carbocycles. The second-order valence-electron chi connectivity index (χ2n) is 6.84. The van der Waals surface area contributed by atoms with E-state index >= 15 is 0 Å². The number of carbonyl (C=O) groups is 1. The highest BCUT2D eigenvalue weighted by atomic mass is 16.5. The van der Waals surface area contributed by atoms with Gasteiger partial charge in [-0.05, 0) is 5.56 Å². The van der Waals surface area contributed by atoms with Gasteiger partial charge in [0.15, 0.2) is 11.5 Å². The molecular weight excluding hydrogens is 372 g/mol. The number of benzene rings is 1. The molecule has 0 aliphatic carbocycles. The molecule has 2 unspecified atom stereocenters. The van der Waals surface area contributed by atoms with Gasteiger partial charge < -0.3 is 20.5 Å². The van der Waals surface area contributed by atoms with Crippen molar-refractivity contribution in [2.45, 2.75) is 18.8 Å². The lowest BCUT2D eigenvalue weighted by atomic mass is 10.2. The average molecular weight is 394 g/mol. The van der Waals surface area contributed by atoms with Crippen LogP contribution in [0.3, 0.4) is 0 Å². The summed E-state index contributed by atoms with van der Waals surface area (Å²) in [6.07, 6.45) is 4.71. The van der Waals surface area contributed by atoms with Crippen molar-refractivity contribution in [2.75, 3.05) is 18.9 Å². The molecule has 3 N–H and O–H groups in total. The van der Waals surface area contributed by atoms with Gasteiger partial charge in [0, 0.05) is 18.8 Å². The standard InChI is InChI=1S/C20H22N6O3/c1-26-9-14(7-23-26)15-8-22-19(21)18(24-15)20(27)25-16-11-28-12-17(16)29-10-13-5-3-2-4-6-13/h2-9,16-17H,10-12H2,1H3,(H2,21,22)(H,25,27). The first-order valence-corrected chi connectivity index (χ1v) is 9.26. The molecule has 1 aromatic carbocycles. The molecule has 3 aromatic rings. The van der Waals surface area contributed by atoms with Crippen LogP contribution in [0.2, 0.25) is 0 Å². The van der Waals surface area contributed by atoms with Crippen molar-refractivity contribution >= 4 is 11.7 Å². The van der Waals surface area contributed by atoms with Gasteiger partial charge in [-0.25, -0.2) is 9.97 Å². The molecule has 1 amide bonds. The minimum atomic E-state index is -0.412. The van der Waals surface area contributed by atoms with Crippen LogP contribution in [0.4, 0.5) is 5.82 Å². The molecule has 9 nitrogen and oxygen atoms in total. The quantitative estimate of drug-likeness (QED) is 0.644. The number of carbonyl (C=O) groups excluding carboxylic acids is 1. The molecule has 1 aliphatic heterocycles. The normalized spacial score (nSPS) is 18.7. The lowest BCUT2D eigenvalue weighted by Crippen LogP contribution is -2.44. The van der Waals surface area contributed by atoms with Gasteiger partial charge in [0.1, 0.15) is 6.10 Å². The summed E-state index contributed by atoms with van der Waals surface area (Å²) in [5.74, 6) is -0.347. The predicted molar refractivity (Wildman–Crippen MR) is 106 cm³/mol. The largest absolute Gasteiger partial charge is 0.382 e. The highest BCUT2D eigenvalue weighted by Crippen LogP contribution is 2.19. The predicted octanol–water partition coefficient (Wildman–Crippen LogP) is 1.17. The number of nitrogens with two attached hydrogens (primary N) is 1. The maximum Gasteiger partial charge on any atom is 0.274 e. The molecule has 2 aromatic heterocycles. The number of aromatic nitrogens is 4. The summed E-state index contributed by atoms with van der Waals surface area (Å²) in [4.78, 5) is 21.3. The zero-order valence-corrected chi connectivity index (χ0v) is 16.0. The molecule has 9 heteroatoms. The van der Waals surface area contributed by atoms with E-state index in [1.165, 1.54) is 6.20 Å². The lowest BCUT2D eigenvalue weighted by Gasteiger charge is -2.20. The van der Waals surface area contributed by atoms with E-state index in [1.807, 2.05) is 30.3 Å². The van der Waals surface area contributed by atoms with Crippen molar-refractivity contribution in [2.24, 2.45) is 7.05 Å². The summed E-state index contributed by atoms with van der Waals surface area (Å²) in [5, 5.41) is 7.03. The number of ether oxygens (including phenoxy) is 2. The minimum Gasteiger partial charge on any atom is -0.382 e. The van der Waals surface area contributed by atoms with Crippen LogP contribution in [-0.4, -0.2) is 51.0 Å². The molecule has 0 radical (unpaired) electrons. The van der Waals surface area contributed by atoms with Crippen LogP contribution in [-0.2, 0) is 23.1 Å². The summed E-state index contributed by atoms with van der Waals surface area (Å²) in [7, 11) is 1.80. The first-order valence-electron chi connectivity index (χ1n) is 9.26. The maximum absolute atomic E-state index is 12.8. The molecule has 4 rings (SSSR count). The zero-order valence-electron chi connectivity index (χ0n) is 16.0. The second-order valence-corrected chi connectivity index (χ2v) is 6.84. The Balaban J connectivity index is 1.44. The lowest BCUT2D eigenvalue weighted by molar-refractivity contribution is 0.0218. The van der Waals surface area contributed by atoms with E-state index in [9.17, 15) is 4.79 Å². The van der Waals surface area contributed by atoms with Crippen molar-refractivity contribution in [3.8, 4) is 11.3 Å². The number of hydrogen-bond donors (Lipinski definition) is 2. The van der Waals surface area contributed by atoms with Gasteiger partial charge in [0.25, 0.3) is 5.91 Å². The van der Waals surface area contributed by atoms with Crippen LogP contribution >= 0.6 is 0 Å². The second kappa shape index (κ2) is 8.38. The van der Waals surface area contributed by atoms with Gasteiger partial charge in [-0.2, -0.15) is 5.10 Å². The van der Waals surface area contributed by atoms with E-state index in [-0.39, 0.29) is 23.7 Å². The Morgan fingerprint density at radius 2 is 2.14 bits per heavy atom. The van der Waals surface area contributed by atoms with Gasteiger partial charge in [-0.15, -0.1) is 0 Å². The maximum atomic E-state index is 12.8. The van der Waals surface area contributed by atoms with E-state index in [1.54, 1.807) is 24.1 Å². The Labute approximate surface area is 167 Å². The van der Waals surface area contributed by atoms with Crippen molar-refractivity contribution in [3.63, 3.8) is 0 Å².